The molecule has 0 radical (unpaired) electrons. The molecule has 8 heteroatoms. The van der Waals surface area contributed by atoms with E-state index in [1.165, 1.54) is 0 Å². The van der Waals surface area contributed by atoms with Crippen LogP contribution >= 0.6 is 23.2 Å². The first-order valence-electron chi connectivity index (χ1n) is 11.9. The molecule has 0 saturated heterocycles. The van der Waals surface area contributed by atoms with Gasteiger partial charge in [0.05, 0.1) is 12.1 Å². The minimum absolute atomic E-state index is 0. The molecule has 0 unspecified atom stereocenters. The summed E-state index contributed by atoms with van der Waals surface area (Å²) in [6.45, 7) is 12.3. The van der Waals surface area contributed by atoms with Crippen molar-refractivity contribution in [2.75, 3.05) is 0 Å². The Morgan fingerprint density at radius 2 is 1.06 bits per heavy atom. The van der Waals surface area contributed by atoms with Gasteiger partial charge in [-0.1, -0.05) is 77.6 Å². The predicted molar refractivity (Wildman–Crippen MR) is 145 cm³/mol. The Hall–Kier alpha value is -1.22. The average molecular weight is 591 g/mol. The summed E-state index contributed by atoms with van der Waals surface area (Å²) in [4.78, 5) is 9.65. The Kier molecular flexibility index (Phi) is 11.9. The fourth-order valence-corrected chi connectivity index (χ4v) is 4.83. The molecule has 2 aromatic rings. The summed E-state index contributed by atoms with van der Waals surface area (Å²) < 4.78 is 0. The Morgan fingerprint density at radius 3 is 1.36 bits per heavy atom. The molecule has 3 rings (SSSR count). The summed E-state index contributed by atoms with van der Waals surface area (Å²) in [7, 11) is 0. The van der Waals surface area contributed by atoms with E-state index in [0.717, 1.165) is 36.8 Å². The van der Waals surface area contributed by atoms with Gasteiger partial charge < -0.3 is 22.6 Å². The molecular formula is C28H36Cl3CrN2O2-. The van der Waals surface area contributed by atoms with Gasteiger partial charge in [0.15, 0.2) is 0 Å². The van der Waals surface area contributed by atoms with E-state index in [1.807, 2.05) is 53.7 Å². The number of phenolic OH excluding ortho intramolecular Hbond substituents is 2. The zero-order chi connectivity index (χ0) is 25.3. The molecule has 0 aliphatic heterocycles. The van der Waals surface area contributed by atoms with Gasteiger partial charge in [0.1, 0.15) is 11.5 Å². The molecule has 1 fully saturated rings. The first kappa shape index (κ1) is 32.8. The quantitative estimate of drug-likeness (QED) is 0.500. The van der Waals surface area contributed by atoms with Gasteiger partial charge in [0.25, 0.3) is 0 Å². The van der Waals surface area contributed by atoms with Crippen molar-refractivity contribution in [2.45, 2.75) is 90.1 Å². The fourth-order valence-electron chi connectivity index (χ4n) is 4.37. The van der Waals surface area contributed by atoms with Crippen molar-refractivity contribution < 1.29 is 40.0 Å². The number of hydrogen-bond donors (Lipinski definition) is 2. The molecule has 36 heavy (non-hydrogen) atoms. The van der Waals surface area contributed by atoms with Crippen molar-refractivity contribution in [3.63, 3.8) is 0 Å². The van der Waals surface area contributed by atoms with Gasteiger partial charge in [0.2, 0.25) is 0 Å². The second kappa shape index (κ2) is 13.0. The van der Waals surface area contributed by atoms with Crippen LogP contribution in [0.1, 0.15) is 89.5 Å². The maximum Gasteiger partial charge on any atom is 0.128 e. The number of hydrogen-bond acceptors (Lipinski definition) is 4. The molecule has 0 spiro atoms. The van der Waals surface area contributed by atoms with Crippen molar-refractivity contribution in [3.8, 4) is 11.5 Å². The van der Waals surface area contributed by atoms with Crippen LogP contribution in [0.5, 0.6) is 11.5 Å². The van der Waals surface area contributed by atoms with Crippen molar-refractivity contribution in [1.82, 2.24) is 0 Å². The number of halogens is 3. The Labute approximate surface area is 242 Å². The maximum atomic E-state index is 10.8. The molecule has 4 nitrogen and oxygen atoms in total. The second-order valence-corrected chi connectivity index (χ2v) is 12.1. The molecule has 2 aromatic carbocycles. The van der Waals surface area contributed by atoms with Gasteiger partial charge in [0, 0.05) is 62.1 Å². The summed E-state index contributed by atoms with van der Waals surface area (Å²) in [5, 5.41) is 22.8. The Balaban J connectivity index is 0.00000324. The van der Waals surface area contributed by atoms with E-state index in [-0.39, 0.29) is 64.2 Å². The van der Waals surface area contributed by atoms with Crippen molar-refractivity contribution in [3.05, 3.63) is 56.6 Å². The van der Waals surface area contributed by atoms with E-state index in [9.17, 15) is 10.2 Å². The molecule has 2 atom stereocenters. The van der Waals surface area contributed by atoms with Gasteiger partial charge >= 0.3 is 0 Å². The third kappa shape index (κ3) is 8.14. The van der Waals surface area contributed by atoms with E-state index >= 15 is 0 Å². The van der Waals surface area contributed by atoms with Crippen molar-refractivity contribution in [2.24, 2.45) is 9.98 Å². The maximum absolute atomic E-state index is 10.8. The third-order valence-electron chi connectivity index (χ3n) is 6.33. The zero-order valence-corrected chi connectivity index (χ0v) is 25.3. The Bertz CT molecular complexity index is 1020. The molecule has 0 heterocycles. The minimum Gasteiger partial charge on any atom is -1.00 e. The normalized spacial score (nSPS) is 18.8. The van der Waals surface area contributed by atoms with Crippen LogP contribution in [0, 0.1) is 0 Å². The largest absolute Gasteiger partial charge is 1.00 e. The van der Waals surface area contributed by atoms with Crippen LogP contribution in [0.3, 0.4) is 0 Å². The molecule has 198 valence electrons. The number of phenols is 2. The van der Waals surface area contributed by atoms with Crippen LogP contribution in [0.15, 0.2) is 34.3 Å². The third-order valence-corrected chi connectivity index (χ3v) is 6.76. The number of aliphatic imine (C=N–C) groups is 2. The predicted octanol–water partition coefficient (Wildman–Crippen LogP) is 4.85. The monoisotopic (exact) mass is 589 g/mol. The van der Waals surface area contributed by atoms with Crippen LogP contribution < -0.4 is 12.4 Å². The van der Waals surface area contributed by atoms with E-state index in [2.05, 4.69) is 0 Å². The SMILES string of the molecule is CC(C)(C)c1cc(Cl)cc(C=N[C@@H]2CCCC[C@H]2N=Cc2cc(Cl)cc(C(C)(C)C)c2O)c1O.[Cl-].[Cr]. The smallest absolute Gasteiger partial charge is 0.128 e. The van der Waals surface area contributed by atoms with Gasteiger partial charge in [-0.05, 0) is 47.9 Å². The van der Waals surface area contributed by atoms with Crippen molar-refractivity contribution in [1.29, 1.82) is 0 Å². The van der Waals surface area contributed by atoms with Crippen LogP contribution in [-0.2, 0) is 28.2 Å². The molecule has 1 saturated carbocycles. The topological polar surface area (TPSA) is 65.2 Å². The van der Waals surface area contributed by atoms with Gasteiger partial charge in [-0.2, -0.15) is 0 Å². The van der Waals surface area contributed by atoms with Crippen LogP contribution in [0.2, 0.25) is 10.0 Å². The van der Waals surface area contributed by atoms with Crippen LogP contribution in [0.25, 0.3) is 0 Å². The molecule has 0 aromatic heterocycles. The van der Waals surface area contributed by atoms with E-state index in [1.54, 1.807) is 24.6 Å². The van der Waals surface area contributed by atoms with Gasteiger partial charge in [-0.3, -0.25) is 9.98 Å². The zero-order valence-electron chi connectivity index (χ0n) is 21.8. The van der Waals surface area contributed by atoms with E-state index < -0.39 is 0 Å². The van der Waals surface area contributed by atoms with Crippen LogP contribution in [0.4, 0.5) is 0 Å². The summed E-state index contributed by atoms with van der Waals surface area (Å²) in [5.41, 5.74) is 2.36. The molecular weight excluding hydrogens is 555 g/mol. The second-order valence-electron chi connectivity index (χ2n) is 11.3. The summed E-state index contributed by atoms with van der Waals surface area (Å²) >= 11 is 12.7. The molecule has 1 aliphatic carbocycles. The van der Waals surface area contributed by atoms with Crippen LogP contribution in [-0.4, -0.2) is 34.7 Å². The number of rotatable bonds is 4. The van der Waals surface area contributed by atoms with Gasteiger partial charge in [-0.15, -0.1) is 0 Å². The summed E-state index contributed by atoms with van der Waals surface area (Å²) in [6, 6.07) is 7.09. The van der Waals surface area contributed by atoms with E-state index in [0.29, 0.717) is 21.2 Å². The van der Waals surface area contributed by atoms with Crippen molar-refractivity contribution >= 4 is 35.6 Å². The number of nitrogens with zero attached hydrogens (tertiary/aromatic N) is 2. The molecule has 2 N–H and O–H groups in total. The minimum atomic E-state index is -0.236. The number of benzene rings is 2. The Morgan fingerprint density at radius 1 is 0.722 bits per heavy atom. The standard InChI is InChI=1S/C28H36Cl2N2O2.ClH.Cr/c1-27(2,3)21-13-19(29)11-17(25(21)33)15-31-23-9-7-8-10-24(23)32-16-18-12-20(30)14-22(26(18)34)28(4,5)6;;/h11-16,23-24,33-34H,7-10H2,1-6H3;1H;/p-1/t23-,24-;;/m1../s1. The van der Waals surface area contributed by atoms with E-state index in [4.69, 9.17) is 33.2 Å². The van der Waals surface area contributed by atoms with Gasteiger partial charge in [-0.25, -0.2) is 0 Å². The number of aromatic hydroxyl groups is 2. The molecule has 0 bridgehead atoms. The summed E-state index contributed by atoms with van der Waals surface area (Å²) in [6.07, 6.45) is 7.45. The molecule has 0 amide bonds. The molecule has 1 aliphatic rings. The fraction of sp³-hybridized carbons (Fsp3) is 0.500. The first-order valence-corrected chi connectivity index (χ1v) is 12.7. The summed E-state index contributed by atoms with van der Waals surface area (Å²) in [5.74, 6) is 0.435. The average Bonchev–Trinajstić information content (AvgIpc) is 2.73. The first-order chi connectivity index (χ1) is 15.8.